The van der Waals surface area contributed by atoms with Gasteiger partial charge in [-0.05, 0) is 17.7 Å². The summed E-state index contributed by atoms with van der Waals surface area (Å²) in [5, 5.41) is 0. The van der Waals surface area contributed by atoms with Crippen LogP contribution in [-0.2, 0) is 9.53 Å². The predicted octanol–water partition coefficient (Wildman–Crippen LogP) is 1.61. The van der Waals surface area contributed by atoms with Crippen molar-refractivity contribution in [3.63, 3.8) is 0 Å². The van der Waals surface area contributed by atoms with Crippen molar-refractivity contribution in [2.24, 2.45) is 0 Å². The first-order valence-electron chi connectivity index (χ1n) is 5.01. The summed E-state index contributed by atoms with van der Waals surface area (Å²) in [5.41, 5.74) is 1.47. The molecule has 0 amide bonds. The number of carbonyl (C=O) groups is 1. The molecule has 82 valence electrons. The Morgan fingerprint density at radius 1 is 1.19 bits per heavy atom. The maximum absolute atomic E-state index is 11.2. The average molecular weight is 218 g/mol. The zero-order chi connectivity index (χ0) is 11.1. The van der Waals surface area contributed by atoms with Crippen LogP contribution in [0.4, 0.5) is 0 Å². The first-order valence-corrected chi connectivity index (χ1v) is 5.01. The van der Waals surface area contributed by atoms with E-state index in [0.29, 0.717) is 17.9 Å². The molecule has 0 bridgehead atoms. The number of esters is 1. The summed E-state index contributed by atoms with van der Waals surface area (Å²) in [4.78, 5) is 11.2. The lowest BCUT2D eigenvalue weighted by molar-refractivity contribution is -0.135. The van der Waals surface area contributed by atoms with Gasteiger partial charge in [0.15, 0.2) is 11.5 Å². The zero-order valence-corrected chi connectivity index (χ0v) is 8.56. The minimum absolute atomic E-state index is 0.0676. The first kappa shape index (κ1) is 9.27. The third-order valence-corrected chi connectivity index (χ3v) is 2.86. The van der Waals surface area contributed by atoms with Crippen molar-refractivity contribution >= 4 is 5.97 Å². The fourth-order valence-corrected chi connectivity index (χ4v) is 1.92. The van der Waals surface area contributed by atoms with Crippen molar-refractivity contribution in [1.29, 1.82) is 0 Å². The first-order chi connectivity index (χ1) is 7.75. The molecule has 0 aromatic heterocycles. The highest BCUT2D eigenvalue weighted by molar-refractivity contribution is 5.91. The Balaban J connectivity index is 1.96. The van der Waals surface area contributed by atoms with Crippen molar-refractivity contribution < 1.29 is 19.0 Å². The van der Waals surface area contributed by atoms with Crippen LogP contribution < -0.4 is 9.47 Å². The van der Waals surface area contributed by atoms with Gasteiger partial charge in [-0.3, -0.25) is 0 Å². The zero-order valence-electron chi connectivity index (χ0n) is 8.56. The molecule has 4 heteroatoms. The normalized spacial score (nSPS) is 22.4. The number of cyclic esters (lactones) is 1. The highest BCUT2D eigenvalue weighted by Gasteiger charge is 2.31. The van der Waals surface area contributed by atoms with Gasteiger partial charge < -0.3 is 14.2 Å². The summed E-state index contributed by atoms with van der Waals surface area (Å²) < 4.78 is 15.4. The van der Waals surface area contributed by atoms with Crippen molar-refractivity contribution in [1.82, 2.24) is 0 Å². The lowest BCUT2D eigenvalue weighted by Gasteiger charge is -2.08. The van der Waals surface area contributed by atoms with Crippen LogP contribution in [-0.4, -0.2) is 19.4 Å². The van der Waals surface area contributed by atoms with Gasteiger partial charge in [0.25, 0.3) is 0 Å². The molecule has 1 aromatic rings. The van der Waals surface area contributed by atoms with Gasteiger partial charge in [0.1, 0.15) is 6.61 Å². The molecule has 0 N–H and O–H groups in total. The molecular formula is C12H10O4. The molecule has 2 aliphatic rings. The van der Waals surface area contributed by atoms with Crippen LogP contribution in [0.3, 0.4) is 0 Å². The van der Waals surface area contributed by atoms with Crippen LogP contribution in [0.5, 0.6) is 11.5 Å². The minimum atomic E-state index is -0.317. The van der Waals surface area contributed by atoms with E-state index < -0.39 is 0 Å². The maximum Gasteiger partial charge on any atom is 0.334 e. The lowest BCUT2D eigenvalue weighted by atomic mass is 9.94. The number of carbonyl (C=O) groups excluding carboxylic acids is 1. The Bertz CT molecular complexity index is 478. The molecule has 2 aliphatic heterocycles. The van der Waals surface area contributed by atoms with Gasteiger partial charge in [-0.25, -0.2) is 4.79 Å². The van der Waals surface area contributed by atoms with Crippen molar-refractivity contribution in [2.75, 3.05) is 13.4 Å². The van der Waals surface area contributed by atoms with E-state index >= 15 is 0 Å². The molecule has 0 saturated carbocycles. The van der Waals surface area contributed by atoms with Gasteiger partial charge in [-0.2, -0.15) is 0 Å². The molecule has 0 spiro atoms. The Morgan fingerprint density at radius 2 is 2.00 bits per heavy atom. The molecule has 3 rings (SSSR count). The molecule has 4 nitrogen and oxygen atoms in total. The maximum atomic E-state index is 11.2. The number of hydrogen-bond donors (Lipinski definition) is 0. The average Bonchev–Trinajstić information content (AvgIpc) is 2.86. The molecular weight excluding hydrogens is 208 g/mol. The molecule has 1 saturated heterocycles. The fourth-order valence-electron chi connectivity index (χ4n) is 1.92. The van der Waals surface area contributed by atoms with E-state index in [0.717, 1.165) is 11.3 Å². The third kappa shape index (κ3) is 1.26. The Labute approximate surface area is 92.4 Å². The summed E-state index contributed by atoms with van der Waals surface area (Å²) in [6.07, 6.45) is 0. The highest BCUT2D eigenvalue weighted by Crippen LogP contribution is 2.38. The van der Waals surface area contributed by atoms with Gasteiger partial charge in [-0.15, -0.1) is 0 Å². The van der Waals surface area contributed by atoms with E-state index in [1.807, 2.05) is 18.2 Å². The monoisotopic (exact) mass is 218 g/mol. The van der Waals surface area contributed by atoms with Crippen molar-refractivity contribution in [3.05, 3.63) is 35.9 Å². The third-order valence-electron chi connectivity index (χ3n) is 2.86. The van der Waals surface area contributed by atoms with Crippen molar-refractivity contribution in [3.8, 4) is 11.5 Å². The highest BCUT2D eigenvalue weighted by atomic mass is 16.7. The minimum Gasteiger partial charge on any atom is -0.461 e. The van der Waals surface area contributed by atoms with Gasteiger partial charge >= 0.3 is 5.97 Å². The number of ether oxygens (including phenoxy) is 3. The lowest BCUT2D eigenvalue weighted by Crippen LogP contribution is -2.00. The second-order valence-corrected chi connectivity index (χ2v) is 3.79. The van der Waals surface area contributed by atoms with Crippen LogP contribution in [0.15, 0.2) is 30.4 Å². The van der Waals surface area contributed by atoms with Crippen molar-refractivity contribution in [2.45, 2.75) is 5.92 Å². The molecule has 1 unspecified atom stereocenters. The van der Waals surface area contributed by atoms with Crippen LogP contribution in [0.1, 0.15) is 11.5 Å². The van der Waals surface area contributed by atoms with E-state index in [4.69, 9.17) is 14.2 Å². The van der Waals surface area contributed by atoms with Gasteiger partial charge in [0, 0.05) is 11.5 Å². The smallest absolute Gasteiger partial charge is 0.334 e. The number of benzene rings is 1. The van der Waals surface area contributed by atoms with Crippen LogP contribution in [0.25, 0.3) is 0 Å². The summed E-state index contributed by atoms with van der Waals surface area (Å²) in [6, 6.07) is 5.62. The summed E-state index contributed by atoms with van der Waals surface area (Å²) in [5.74, 6) is 1.06. The molecule has 0 aliphatic carbocycles. The molecule has 1 fully saturated rings. The van der Waals surface area contributed by atoms with E-state index in [-0.39, 0.29) is 18.7 Å². The Kier molecular flexibility index (Phi) is 1.89. The topological polar surface area (TPSA) is 44.8 Å². The van der Waals surface area contributed by atoms with E-state index in [1.54, 1.807) is 0 Å². The molecule has 16 heavy (non-hydrogen) atoms. The van der Waals surface area contributed by atoms with Crippen LogP contribution in [0.2, 0.25) is 0 Å². The van der Waals surface area contributed by atoms with E-state index in [1.165, 1.54) is 0 Å². The Hall–Kier alpha value is -1.97. The predicted molar refractivity (Wildman–Crippen MR) is 55.4 cm³/mol. The second-order valence-electron chi connectivity index (χ2n) is 3.79. The molecule has 2 heterocycles. The number of rotatable bonds is 1. The van der Waals surface area contributed by atoms with E-state index in [2.05, 4.69) is 6.58 Å². The van der Waals surface area contributed by atoms with Crippen LogP contribution in [0, 0.1) is 0 Å². The number of hydrogen-bond acceptors (Lipinski definition) is 4. The SMILES string of the molecule is C=C1C(=O)OCC1c1ccc2c(c1)OCO2. The van der Waals surface area contributed by atoms with Gasteiger partial charge in [-0.1, -0.05) is 12.6 Å². The molecule has 0 radical (unpaired) electrons. The molecule has 1 atom stereocenters. The molecule has 1 aromatic carbocycles. The summed E-state index contributed by atoms with van der Waals surface area (Å²) in [7, 11) is 0. The number of fused-ring (bicyclic) bond motifs is 1. The standard InChI is InChI=1S/C12H10O4/c1-7-9(5-14-12(7)13)8-2-3-10-11(4-8)16-6-15-10/h2-4,9H,1,5-6H2. The quantitative estimate of drug-likeness (QED) is 0.530. The van der Waals surface area contributed by atoms with E-state index in [9.17, 15) is 4.79 Å². The second kappa shape index (κ2) is 3.27. The summed E-state index contributed by atoms with van der Waals surface area (Å²) in [6.45, 7) is 4.35. The van der Waals surface area contributed by atoms with Gasteiger partial charge in [0.2, 0.25) is 6.79 Å². The fraction of sp³-hybridized carbons (Fsp3) is 0.250. The van der Waals surface area contributed by atoms with Crippen LogP contribution >= 0.6 is 0 Å². The summed E-state index contributed by atoms with van der Waals surface area (Å²) >= 11 is 0. The largest absolute Gasteiger partial charge is 0.461 e. The van der Waals surface area contributed by atoms with Gasteiger partial charge in [0.05, 0.1) is 0 Å². The Morgan fingerprint density at radius 3 is 2.75 bits per heavy atom.